The van der Waals surface area contributed by atoms with Gasteiger partial charge in [0.2, 0.25) is 21.1 Å². The van der Waals surface area contributed by atoms with Crippen LogP contribution in [0.4, 0.5) is 10.8 Å². The summed E-state index contributed by atoms with van der Waals surface area (Å²) in [6.45, 7) is 3.77. The average Bonchev–Trinajstić information content (AvgIpc) is 3.23. The molecule has 13 heteroatoms. The smallest absolute Gasteiger partial charge is 0.236 e. The Morgan fingerprint density at radius 1 is 1.17 bits per heavy atom. The molecule has 1 N–H and O–H groups in total. The van der Waals surface area contributed by atoms with Gasteiger partial charge < -0.3 is 4.57 Å². The van der Waals surface area contributed by atoms with E-state index in [1.807, 2.05) is 19.1 Å². The molecule has 2 aromatic heterocycles. The number of amides is 1. The highest BCUT2D eigenvalue weighted by Crippen LogP contribution is 2.23. The molecule has 0 fully saturated rings. The molecule has 0 radical (unpaired) electrons. The van der Waals surface area contributed by atoms with Crippen molar-refractivity contribution in [3.05, 3.63) is 40.7 Å². The molecule has 0 aliphatic rings. The van der Waals surface area contributed by atoms with Crippen molar-refractivity contribution in [3.8, 4) is 0 Å². The van der Waals surface area contributed by atoms with E-state index in [1.165, 1.54) is 27.4 Å². The summed E-state index contributed by atoms with van der Waals surface area (Å²) in [5.74, 6) is 0.333. The lowest BCUT2D eigenvalue weighted by Gasteiger charge is -2.22. The van der Waals surface area contributed by atoms with Gasteiger partial charge in [0, 0.05) is 7.05 Å². The Labute approximate surface area is 182 Å². The Balaban J connectivity index is 1.68. The monoisotopic (exact) mass is 467 g/mol. The number of rotatable bonds is 8. The minimum Gasteiger partial charge on any atom is -0.308 e. The average molecular weight is 468 g/mol. The number of benzene rings is 1. The molecular weight excluding hydrogens is 446 g/mol. The first kappa shape index (κ1) is 22.2. The van der Waals surface area contributed by atoms with Crippen LogP contribution in [0.3, 0.4) is 0 Å². The Hall–Kier alpha value is -2.51. The van der Waals surface area contributed by atoms with Crippen molar-refractivity contribution in [3.63, 3.8) is 0 Å². The molecule has 30 heavy (non-hydrogen) atoms. The van der Waals surface area contributed by atoms with Crippen LogP contribution >= 0.6 is 23.1 Å². The van der Waals surface area contributed by atoms with Crippen molar-refractivity contribution < 1.29 is 13.2 Å². The van der Waals surface area contributed by atoms with E-state index in [1.54, 1.807) is 30.7 Å². The van der Waals surface area contributed by atoms with Crippen molar-refractivity contribution in [2.24, 2.45) is 7.05 Å². The first-order valence-electron chi connectivity index (χ1n) is 8.79. The van der Waals surface area contributed by atoms with Crippen LogP contribution in [-0.4, -0.2) is 51.3 Å². The number of carbonyl (C=O) groups is 1. The third-order valence-corrected chi connectivity index (χ3v) is 6.95. The van der Waals surface area contributed by atoms with Crippen molar-refractivity contribution in [2.45, 2.75) is 25.5 Å². The number of sulfonamides is 1. The molecule has 0 saturated carbocycles. The maximum atomic E-state index is 12.3. The molecule has 160 valence electrons. The van der Waals surface area contributed by atoms with Gasteiger partial charge in [-0.05, 0) is 26.0 Å². The second-order valence-electron chi connectivity index (χ2n) is 6.53. The van der Waals surface area contributed by atoms with Crippen LogP contribution in [0.5, 0.6) is 0 Å². The Bertz CT molecular complexity index is 1140. The van der Waals surface area contributed by atoms with Gasteiger partial charge >= 0.3 is 0 Å². The fourth-order valence-electron chi connectivity index (χ4n) is 2.48. The minimum absolute atomic E-state index is 0.0300. The molecule has 0 spiro atoms. The van der Waals surface area contributed by atoms with E-state index >= 15 is 0 Å². The van der Waals surface area contributed by atoms with E-state index < -0.39 is 10.0 Å². The number of aryl methyl sites for hydroxylation is 2. The zero-order valence-corrected chi connectivity index (χ0v) is 19.3. The van der Waals surface area contributed by atoms with Gasteiger partial charge in [-0.3, -0.25) is 14.4 Å². The van der Waals surface area contributed by atoms with Crippen LogP contribution in [0.15, 0.2) is 29.4 Å². The lowest BCUT2D eigenvalue weighted by atomic mass is 10.2. The number of thioether (sulfide) groups is 1. The van der Waals surface area contributed by atoms with Crippen molar-refractivity contribution in [2.75, 3.05) is 21.6 Å². The summed E-state index contributed by atoms with van der Waals surface area (Å²) in [7, 11) is -1.79. The molecule has 1 aromatic carbocycles. The van der Waals surface area contributed by atoms with Crippen LogP contribution in [0.1, 0.15) is 16.4 Å². The van der Waals surface area contributed by atoms with E-state index in [0.29, 0.717) is 21.8 Å². The van der Waals surface area contributed by atoms with E-state index in [2.05, 4.69) is 25.7 Å². The lowest BCUT2D eigenvalue weighted by Crippen LogP contribution is -2.30. The summed E-state index contributed by atoms with van der Waals surface area (Å²) >= 11 is 2.49. The molecule has 0 aliphatic carbocycles. The highest BCUT2D eigenvalue weighted by atomic mass is 32.2. The number of aromatic nitrogens is 5. The normalized spacial score (nSPS) is 11.5. The van der Waals surface area contributed by atoms with Gasteiger partial charge in [-0.2, -0.15) is 0 Å². The van der Waals surface area contributed by atoms with Gasteiger partial charge in [-0.15, -0.1) is 20.4 Å². The van der Waals surface area contributed by atoms with E-state index in [0.717, 1.165) is 16.8 Å². The molecular formula is C17H21N7O3S3. The molecule has 3 aromatic rings. The third kappa shape index (κ3) is 5.55. The first-order valence-corrected chi connectivity index (χ1v) is 12.4. The molecule has 2 heterocycles. The fourth-order valence-corrected chi connectivity index (χ4v) is 4.67. The quantitative estimate of drug-likeness (QED) is 0.499. The number of nitrogens with one attached hydrogen (secondary N) is 1. The van der Waals surface area contributed by atoms with E-state index in [-0.39, 0.29) is 18.2 Å². The first-order chi connectivity index (χ1) is 14.1. The number of carbonyl (C=O) groups excluding carboxylic acids is 1. The predicted molar refractivity (Wildman–Crippen MR) is 117 cm³/mol. The standard InChI is InChI=1S/C17H21N7O3S3/c1-11-5-7-13(8-6-11)24(30(4,26)27)9-14-20-22-17(23(14)3)28-10-15(25)18-16-21-19-12(2)29-16/h5-8H,9-10H2,1-4H3,(H,18,21,25). The molecule has 0 unspecified atom stereocenters. The number of nitrogens with zero attached hydrogens (tertiary/aromatic N) is 6. The fraction of sp³-hybridized carbons (Fsp3) is 0.353. The van der Waals surface area contributed by atoms with Crippen molar-refractivity contribution in [1.29, 1.82) is 0 Å². The molecule has 0 aliphatic heterocycles. The van der Waals surface area contributed by atoms with Gasteiger partial charge in [-0.1, -0.05) is 40.8 Å². The molecule has 0 atom stereocenters. The summed E-state index contributed by atoms with van der Waals surface area (Å²) in [5, 5.41) is 20.3. The maximum absolute atomic E-state index is 12.3. The van der Waals surface area contributed by atoms with Crippen LogP contribution < -0.4 is 9.62 Å². The van der Waals surface area contributed by atoms with Crippen LogP contribution in [0, 0.1) is 13.8 Å². The van der Waals surface area contributed by atoms with Crippen molar-refractivity contribution in [1.82, 2.24) is 25.0 Å². The lowest BCUT2D eigenvalue weighted by molar-refractivity contribution is -0.113. The van der Waals surface area contributed by atoms with Gasteiger partial charge in [0.1, 0.15) is 5.01 Å². The molecule has 1 amide bonds. The third-order valence-electron chi connectivity index (χ3n) is 4.04. The van der Waals surface area contributed by atoms with E-state index in [4.69, 9.17) is 0 Å². The summed E-state index contributed by atoms with van der Waals surface area (Å²) in [6, 6.07) is 7.21. The van der Waals surface area contributed by atoms with Crippen LogP contribution in [0.2, 0.25) is 0 Å². The largest absolute Gasteiger partial charge is 0.308 e. The van der Waals surface area contributed by atoms with E-state index in [9.17, 15) is 13.2 Å². The van der Waals surface area contributed by atoms with Gasteiger partial charge in [0.05, 0.1) is 24.2 Å². The second kappa shape index (κ2) is 9.10. The Morgan fingerprint density at radius 3 is 2.47 bits per heavy atom. The predicted octanol–water partition coefficient (Wildman–Crippen LogP) is 1.98. The van der Waals surface area contributed by atoms with Crippen LogP contribution in [-0.2, 0) is 28.4 Å². The molecule has 3 rings (SSSR count). The Morgan fingerprint density at radius 2 is 1.87 bits per heavy atom. The second-order valence-corrected chi connectivity index (χ2v) is 10.6. The summed E-state index contributed by atoms with van der Waals surface area (Å²) in [6.07, 6.45) is 1.15. The van der Waals surface area contributed by atoms with Gasteiger partial charge in [-0.25, -0.2) is 8.42 Å². The van der Waals surface area contributed by atoms with Crippen LogP contribution in [0.25, 0.3) is 0 Å². The summed E-state index contributed by atoms with van der Waals surface area (Å²) < 4.78 is 27.6. The highest BCUT2D eigenvalue weighted by Gasteiger charge is 2.21. The summed E-state index contributed by atoms with van der Waals surface area (Å²) in [5.41, 5.74) is 1.58. The Kier molecular flexibility index (Phi) is 6.73. The summed E-state index contributed by atoms with van der Waals surface area (Å²) in [4.78, 5) is 12.1. The number of hydrogen-bond acceptors (Lipinski definition) is 9. The molecule has 0 saturated heterocycles. The highest BCUT2D eigenvalue weighted by molar-refractivity contribution is 7.99. The maximum Gasteiger partial charge on any atom is 0.236 e. The van der Waals surface area contributed by atoms with Gasteiger partial charge in [0.15, 0.2) is 11.0 Å². The van der Waals surface area contributed by atoms with Crippen molar-refractivity contribution >= 4 is 49.8 Å². The zero-order chi connectivity index (χ0) is 21.9. The topological polar surface area (TPSA) is 123 Å². The van der Waals surface area contributed by atoms with Gasteiger partial charge in [0.25, 0.3) is 0 Å². The number of anilines is 2. The zero-order valence-electron chi connectivity index (χ0n) is 16.9. The molecule has 10 nitrogen and oxygen atoms in total. The minimum atomic E-state index is -3.53. The SMILES string of the molecule is Cc1ccc(N(Cc2nnc(SCC(=O)Nc3nnc(C)s3)n2C)S(C)(=O)=O)cc1. The molecule has 0 bridgehead atoms. The number of hydrogen-bond donors (Lipinski definition) is 1.